The Morgan fingerprint density at radius 3 is 1.98 bits per heavy atom. The lowest BCUT2D eigenvalue weighted by Crippen LogP contribution is -1.96. The van der Waals surface area contributed by atoms with Gasteiger partial charge in [0.15, 0.2) is 0 Å². The van der Waals surface area contributed by atoms with Crippen LogP contribution in [0.15, 0.2) is 156 Å². The summed E-state index contributed by atoms with van der Waals surface area (Å²) >= 11 is 0. The van der Waals surface area contributed by atoms with Gasteiger partial charge in [-0.3, -0.25) is 0 Å². The first-order chi connectivity index (χ1) is 20.8. The van der Waals surface area contributed by atoms with Crippen LogP contribution in [0.5, 0.6) is 0 Å². The number of para-hydroxylation sites is 1. The van der Waals surface area contributed by atoms with Crippen LogP contribution in [0, 0.1) is 0 Å². The first-order valence-corrected chi connectivity index (χ1v) is 14.4. The van der Waals surface area contributed by atoms with Gasteiger partial charge in [0.1, 0.15) is 11.2 Å². The van der Waals surface area contributed by atoms with Crippen LogP contribution in [-0.4, -0.2) is 0 Å². The van der Waals surface area contributed by atoms with E-state index in [1.165, 1.54) is 27.8 Å². The van der Waals surface area contributed by atoms with E-state index in [4.69, 9.17) is 10.2 Å². The highest BCUT2D eigenvalue weighted by molar-refractivity contribution is 6.08. The molecule has 7 rings (SSSR count). The van der Waals surface area contributed by atoms with Gasteiger partial charge in [0.05, 0.1) is 0 Å². The molecule has 0 amide bonds. The first-order valence-electron chi connectivity index (χ1n) is 14.4. The summed E-state index contributed by atoms with van der Waals surface area (Å²) in [6.07, 6.45) is 3.21. The number of allylic oxidation sites excluding steroid dienone is 1. The highest BCUT2D eigenvalue weighted by Crippen LogP contribution is 2.40. The van der Waals surface area contributed by atoms with Crippen LogP contribution in [0.4, 0.5) is 0 Å². The zero-order valence-electron chi connectivity index (χ0n) is 23.3. The molecule has 2 nitrogen and oxygen atoms in total. The van der Waals surface area contributed by atoms with Gasteiger partial charge in [0.25, 0.3) is 0 Å². The lowest BCUT2D eigenvalue weighted by molar-refractivity contribution is 0.669. The van der Waals surface area contributed by atoms with Crippen molar-refractivity contribution in [2.45, 2.75) is 13.0 Å². The molecular weight excluding hydrogens is 510 g/mol. The Bertz CT molecular complexity index is 2020. The molecule has 0 bridgehead atoms. The van der Waals surface area contributed by atoms with Gasteiger partial charge in [0.2, 0.25) is 0 Å². The van der Waals surface area contributed by atoms with Crippen LogP contribution >= 0.6 is 0 Å². The van der Waals surface area contributed by atoms with Gasteiger partial charge in [0, 0.05) is 17.3 Å². The zero-order chi connectivity index (χ0) is 28.3. The topological polar surface area (TPSA) is 39.2 Å². The monoisotopic (exact) mass is 541 g/mol. The van der Waals surface area contributed by atoms with Crippen molar-refractivity contribution in [2.24, 2.45) is 5.73 Å². The van der Waals surface area contributed by atoms with Crippen LogP contribution in [0.25, 0.3) is 49.8 Å². The molecule has 0 fully saturated rings. The summed E-state index contributed by atoms with van der Waals surface area (Å²) in [5.74, 6) is 0. The molecule has 0 saturated carbocycles. The third-order valence-electron chi connectivity index (χ3n) is 7.97. The molecule has 0 saturated heterocycles. The fourth-order valence-corrected chi connectivity index (χ4v) is 5.80. The number of fused-ring (bicyclic) bond motifs is 3. The van der Waals surface area contributed by atoms with Crippen molar-refractivity contribution in [3.63, 3.8) is 0 Å². The minimum Gasteiger partial charge on any atom is -0.456 e. The molecule has 202 valence electrons. The highest BCUT2D eigenvalue weighted by Gasteiger charge is 2.15. The van der Waals surface area contributed by atoms with Gasteiger partial charge in [-0.15, -0.1) is 0 Å². The predicted octanol–water partition coefficient (Wildman–Crippen LogP) is 10.1. The van der Waals surface area contributed by atoms with Gasteiger partial charge in [-0.2, -0.15) is 0 Å². The van der Waals surface area contributed by atoms with Crippen molar-refractivity contribution in [1.29, 1.82) is 0 Å². The minimum atomic E-state index is 0.502. The van der Waals surface area contributed by atoms with E-state index in [0.29, 0.717) is 6.54 Å². The molecule has 1 heterocycles. The third kappa shape index (κ3) is 5.05. The molecule has 0 unspecified atom stereocenters. The second-order valence-corrected chi connectivity index (χ2v) is 10.6. The van der Waals surface area contributed by atoms with Gasteiger partial charge < -0.3 is 10.2 Å². The van der Waals surface area contributed by atoms with E-state index in [2.05, 4.69) is 140 Å². The fourth-order valence-electron chi connectivity index (χ4n) is 5.80. The Kier molecular flexibility index (Phi) is 6.97. The lowest BCUT2D eigenvalue weighted by Gasteiger charge is -2.14. The van der Waals surface area contributed by atoms with Gasteiger partial charge >= 0.3 is 0 Å². The Morgan fingerprint density at radius 2 is 1.19 bits per heavy atom. The summed E-state index contributed by atoms with van der Waals surface area (Å²) in [4.78, 5) is 0. The second kappa shape index (κ2) is 11.4. The number of rotatable bonds is 7. The summed E-state index contributed by atoms with van der Waals surface area (Å²) in [7, 11) is 0. The predicted molar refractivity (Wildman–Crippen MR) is 176 cm³/mol. The molecule has 2 heteroatoms. The van der Waals surface area contributed by atoms with Gasteiger partial charge in [-0.05, 0) is 80.8 Å². The molecule has 0 radical (unpaired) electrons. The van der Waals surface area contributed by atoms with E-state index in [-0.39, 0.29) is 0 Å². The molecule has 0 aliphatic carbocycles. The minimum absolute atomic E-state index is 0.502. The molecule has 0 aliphatic heterocycles. The standard InChI is InChI=1S/C40H31NO/c41-27-29-12-9-15-33(24-29)37-26-40-38(35-16-7-8-17-39(35)42-40)25-36(37)32-21-19-31(20-22-32)34(30-13-5-2-6-14-30)23-18-28-10-3-1-4-11-28/h1-17,19-26H,18,27,41H2/b34-23+. The maximum Gasteiger partial charge on any atom is 0.136 e. The summed E-state index contributed by atoms with van der Waals surface area (Å²) in [5.41, 5.74) is 18.5. The van der Waals surface area contributed by atoms with E-state index >= 15 is 0 Å². The van der Waals surface area contributed by atoms with E-state index in [9.17, 15) is 0 Å². The number of furan rings is 1. The molecule has 42 heavy (non-hydrogen) atoms. The molecule has 0 spiro atoms. The Hall–Kier alpha value is -5.18. The SMILES string of the molecule is NCc1cccc(-c2cc3oc4ccccc4c3cc2-c2ccc(/C(=C/Cc3ccccc3)c3ccccc3)cc2)c1. The Labute approximate surface area is 246 Å². The maximum atomic E-state index is 6.29. The second-order valence-electron chi connectivity index (χ2n) is 10.6. The van der Waals surface area contributed by atoms with Gasteiger partial charge in [-0.1, -0.05) is 127 Å². The third-order valence-corrected chi connectivity index (χ3v) is 7.97. The van der Waals surface area contributed by atoms with Crippen LogP contribution in [0.3, 0.4) is 0 Å². The van der Waals surface area contributed by atoms with Crippen molar-refractivity contribution in [3.05, 3.63) is 174 Å². The normalized spacial score (nSPS) is 11.8. The summed E-state index contributed by atoms with van der Waals surface area (Å²) in [6.45, 7) is 0.502. The zero-order valence-corrected chi connectivity index (χ0v) is 23.3. The van der Waals surface area contributed by atoms with Crippen molar-refractivity contribution in [2.75, 3.05) is 0 Å². The van der Waals surface area contributed by atoms with Crippen molar-refractivity contribution >= 4 is 27.5 Å². The number of hydrogen-bond acceptors (Lipinski definition) is 2. The summed E-state index contributed by atoms with van der Waals surface area (Å²) in [6, 6.07) is 51.5. The molecule has 6 aromatic carbocycles. The molecular formula is C40H31NO. The Balaban J connectivity index is 1.35. The molecule has 0 aliphatic rings. The number of hydrogen-bond donors (Lipinski definition) is 1. The van der Waals surface area contributed by atoms with Crippen LogP contribution < -0.4 is 5.73 Å². The lowest BCUT2D eigenvalue weighted by atomic mass is 9.90. The van der Waals surface area contributed by atoms with E-state index in [1.54, 1.807) is 0 Å². The van der Waals surface area contributed by atoms with Crippen LogP contribution in [-0.2, 0) is 13.0 Å². The Morgan fingerprint density at radius 1 is 0.524 bits per heavy atom. The summed E-state index contributed by atoms with van der Waals surface area (Å²) in [5, 5.41) is 2.25. The molecule has 0 atom stereocenters. The first kappa shape index (κ1) is 25.8. The molecule has 2 N–H and O–H groups in total. The van der Waals surface area contributed by atoms with E-state index in [0.717, 1.165) is 50.6 Å². The average molecular weight is 542 g/mol. The number of benzene rings is 6. The quantitative estimate of drug-likeness (QED) is 0.218. The fraction of sp³-hybridized carbons (Fsp3) is 0.0500. The van der Waals surface area contributed by atoms with E-state index in [1.807, 2.05) is 12.1 Å². The van der Waals surface area contributed by atoms with Crippen molar-refractivity contribution in [1.82, 2.24) is 0 Å². The van der Waals surface area contributed by atoms with Crippen LogP contribution in [0.1, 0.15) is 22.3 Å². The van der Waals surface area contributed by atoms with Crippen LogP contribution in [0.2, 0.25) is 0 Å². The van der Waals surface area contributed by atoms with E-state index < -0.39 is 0 Å². The van der Waals surface area contributed by atoms with Crippen molar-refractivity contribution in [3.8, 4) is 22.3 Å². The average Bonchev–Trinajstić information content (AvgIpc) is 3.43. The largest absolute Gasteiger partial charge is 0.456 e. The molecule has 1 aromatic heterocycles. The highest BCUT2D eigenvalue weighted by atomic mass is 16.3. The number of nitrogens with two attached hydrogens (primary N) is 1. The smallest absolute Gasteiger partial charge is 0.136 e. The molecule has 7 aromatic rings. The van der Waals surface area contributed by atoms with Gasteiger partial charge in [-0.25, -0.2) is 0 Å². The maximum absolute atomic E-state index is 6.29. The summed E-state index contributed by atoms with van der Waals surface area (Å²) < 4.78 is 6.29. The van der Waals surface area contributed by atoms with Crippen molar-refractivity contribution < 1.29 is 4.42 Å².